The lowest BCUT2D eigenvalue weighted by atomic mass is 9.59. The second kappa shape index (κ2) is 5.77. The highest BCUT2D eigenvalue weighted by molar-refractivity contribution is 6.99. The summed E-state index contributed by atoms with van der Waals surface area (Å²) in [6.07, 6.45) is 2.60. The third-order valence-corrected chi connectivity index (χ3v) is 6.02. The van der Waals surface area contributed by atoms with Gasteiger partial charge in [0.1, 0.15) is 0 Å². The zero-order valence-corrected chi connectivity index (χ0v) is 14.4. The molecule has 0 radical (unpaired) electrons. The molecule has 1 aromatic heterocycles. The Balaban J connectivity index is 1.47. The first-order valence-electron chi connectivity index (χ1n) is 8.56. The number of benzene rings is 2. The number of rotatable bonds is 3. The van der Waals surface area contributed by atoms with Gasteiger partial charge in [0.25, 0.3) is 5.91 Å². The van der Waals surface area contributed by atoms with Gasteiger partial charge >= 0.3 is 0 Å². The summed E-state index contributed by atoms with van der Waals surface area (Å²) in [6, 6.07) is 17.5. The molecule has 3 aromatic rings. The van der Waals surface area contributed by atoms with Crippen molar-refractivity contribution in [3.63, 3.8) is 0 Å². The molecule has 0 saturated heterocycles. The third-order valence-electron chi connectivity index (χ3n) is 5.54. The van der Waals surface area contributed by atoms with Gasteiger partial charge in [-0.2, -0.15) is 8.75 Å². The molecular formula is C20H17N3OS. The van der Waals surface area contributed by atoms with Crippen LogP contribution in [0.25, 0.3) is 0 Å². The van der Waals surface area contributed by atoms with Crippen LogP contribution in [-0.2, 0) is 0 Å². The highest BCUT2D eigenvalue weighted by Crippen LogP contribution is 2.55. The maximum absolute atomic E-state index is 12.2. The van der Waals surface area contributed by atoms with Crippen molar-refractivity contribution in [2.45, 2.75) is 18.3 Å². The van der Waals surface area contributed by atoms with Crippen molar-refractivity contribution in [3.8, 4) is 0 Å². The fourth-order valence-corrected chi connectivity index (χ4v) is 4.95. The summed E-state index contributed by atoms with van der Waals surface area (Å²) < 4.78 is 7.92. The van der Waals surface area contributed by atoms with Gasteiger partial charge in [-0.05, 0) is 34.6 Å². The SMILES string of the molecule is O=C(NC[C@H]1CC2c3ccccc3C1c1ccccc12)c1cnsn1. The van der Waals surface area contributed by atoms with Crippen LogP contribution in [0.4, 0.5) is 0 Å². The molecule has 1 heterocycles. The van der Waals surface area contributed by atoms with E-state index in [9.17, 15) is 4.79 Å². The minimum absolute atomic E-state index is 0.128. The Labute approximate surface area is 150 Å². The van der Waals surface area contributed by atoms with Crippen molar-refractivity contribution in [1.29, 1.82) is 0 Å². The van der Waals surface area contributed by atoms with E-state index >= 15 is 0 Å². The van der Waals surface area contributed by atoms with Crippen LogP contribution < -0.4 is 5.32 Å². The zero-order chi connectivity index (χ0) is 16.8. The smallest absolute Gasteiger partial charge is 0.272 e. The van der Waals surface area contributed by atoms with Gasteiger partial charge in [0.05, 0.1) is 17.9 Å². The van der Waals surface area contributed by atoms with Crippen LogP contribution in [0.1, 0.15) is 51.0 Å². The van der Waals surface area contributed by atoms with E-state index in [-0.39, 0.29) is 5.91 Å². The van der Waals surface area contributed by atoms with E-state index in [2.05, 4.69) is 62.6 Å². The molecular weight excluding hydrogens is 330 g/mol. The maximum Gasteiger partial charge on any atom is 0.272 e. The van der Waals surface area contributed by atoms with E-state index in [1.165, 1.54) is 28.5 Å². The molecule has 1 amide bonds. The lowest BCUT2D eigenvalue weighted by Crippen LogP contribution is -2.39. The summed E-state index contributed by atoms with van der Waals surface area (Å²) in [5, 5.41) is 3.07. The summed E-state index contributed by atoms with van der Waals surface area (Å²) in [4.78, 5) is 12.2. The number of amides is 1. The number of nitrogens with zero attached hydrogens (tertiary/aromatic N) is 2. The van der Waals surface area contributed by atoms with Crippen molar-refractivity contribution in [1.82, 2.24) is 14.1 Å². The first-order chi connectivity index (χ1) is 12.3. The first kappa shape index (κ1) is 14.8. The van der Waals surface area contributed by atoms with Crippen LogP contribution >= 0.6 is 11.7 Å². The van der Waals surface area contributed by atoms with Crippen LogP contribution in [0.15, 0.2) is 54.7 Å². The molecule has 2 aromatic carbocycles. The quantitative estimate of drug-likeness (QED) is 0.788. The molecule has 2 bridgehead atoms. The van der Waals surface area contributed by atoms with E-state index in [0.29, 0.717) is 30.0 Å². The Bertz CT molecular complexity index is 890. The Morgan fingerprint density at radius 1 is 1.04 bits per heavy atom. The molecule has 5 heteroatoms. The van der Waals surface area contributed by atoms with E-state index < -0.39 is 0 Å². The largest absolute Gasteiger partial charge is 0.350 e. The number of aromatic nitrogens is 2. The Hall–Kier alpha value is -2.53. The van der Waals surface area contributed by atoms with Gasteiger partial charge < -0.3 is 5.32 Å². The lowest BCUT2D eigenvalue weighted by Gasteiger charge is -2.45. The van der Waals surface area contributed by atoms with Crippen LogP contribution in [0.5, 0.6) is 0 Å². The van der Waals surface area contributed by atoms with Crippen LogP contribution in [0.2, 0.25) is 0 Å². The number of carbonyl (C=O) groups is 1. The molecule has 0 fully saturated rings. The minimum Gasteiger partial charge on any atom is -0.350 e. The molecule has 25 heavy (non-hydrogen) atoms. The second-order valence-electron chi connectivity index (χ2n) is 6.79. The number of fused-ring (bicyclic) bond motifs is 1. The molecule has 4 nitrogen and oxygen atoms in total. The summed E-state index contributed by atoms with van der Waals surface area (Å²) in [5.74, 6) is 1.06. The number of hydrogen-bond donors (Lipinski definition) is 1. The van der Waals surface area contributed by atoms with E-state index in [0.717, 1.165) is 18.1 Å². The highest BCUT2D eigenvalue weighted by Gasteiger charge is 2.42. The normalized spacial score (nSPS) is 23.0. The summed E-state index contributed by atoms with van der Waals surface area (Å²) >= 11 is 1.06. The van der Waals surface area contributed by atoms with Crippen molar-refractivity contribution in [2.75, 3.05) is 6.54 Å². The van der Waals surface area contributed by atoms with E-state index in [1.807, 2.05) is 0 Å². The third kappa shape index (κ3) is 2.30. The summed E-state index contributed by atoms with van der Waals surface area (Å²) in [6.45, 7) is 0.667. The minimum atomic E-state index is -0.128. The number of nitrogens with one attached hydrogen (secondary N) is 1. The highest BCUT2D eigenvalue weighted by atomic mass is 32.1. The van der Waals surface area contributed by atoms with Gasteiger partial charge in [0.2, 0.25) is 0 Å². The molecule has 3 aliphatic carbocycles. The monoisotopic (exact) mass is 347 g/mol. The van der Waals surface area contributed by atoms with Gasteiger partial charge in [0, 0.05) is 18.4 Å². The lowest BCUT2D eigenvalue weighted by molar-refractivity contribution is 0.0939. The van der Waals surface area contributed by atoms with E-state index in [4.69, 9.17) is 0 Å². The molecule has 0 saturated carbocycles. The maximum atomic E-state index is 12.2. The molecule has 0 aliphatic heterocycles. The van der Waals surface area contributed by atoms with Crippen molar-refractivity contribution in [3.05, 3.63) is 82.7 Å². The van der Waals surface area contributed by atoms with Gasteiger partial charge in [-0.1, -0.05) is 48.5 Å². The molecule has 6 rings (SSSR count). The second-order valence-corrected chi connectivity index (χ2v) is 7.34. The van der Waals surface area contributed by atoms with Crippen molar-refractivity contribution >= 4 is 17.6 Å². The van der Waals surface area contributed by atoms with Crippen molar-refractivity contribution < 1.29 is 4.79 Å². The predicted octanol–water partition coefficient (Wildman–Crippen LogP) is 3.57. The van der Waals surface area contributed by atoms with Gasteiger partial charge in [-0.3, -0.25) is 4.79 Å². The van der Waals surface area contributed by atoms with Gasteiger partial charge in [-0.25, -0.2) is 0 Å². The first-order valence-corrected chi connectivity index (χ1v) is 9.29. The number of hydrogen-bond acceptors (Lipinski definition) is 4. The Morgan fingerprint density at radius 3 is 2.28 bits per heavy atom. The molecule has 0 unspecified atom stereocenters. The topological polar surface area (TPSA) is 54.9 Å². The number of carbonyl (C=O) groups excluding carboxylic acids is 1. The van der Waals surface area contributed by atoms with Crippen LogP contribution in [-0.4, -0.2) is 21.2 Å². The Kier molecular flexibility index (Phi) is 3.41. The van der Waals surface area contributed by atoms with Crippen LogP contribution in [0.3, 0.4) is 0 Å². The predicted molar refractivity (Wildman–Crippen MR) is 96.9 cm³/mol. The fourth-order valence-electron chi connectivity index (χ4n) is 4.54. The molecule has 1 N–H and O–H groups in total. The summed E-state index contributed by atoms with van der Waals surface area (Å²) in [5.41, 5.74) is 6.17. The van der Waals surface area contributed by atoms with Crippen LogP contribution in [0, 0.1) is 5.92 Å². The standard InChI is InChI=1S/C20H17N3OS/c24-20(18-11-22-25-23-18)21-10-12-9-17-13-5-1-3-7-15(13)19(12)16-8-4-2-6-14(16)17/h1-8,11-12,17,19H,9-10H2,(H,21,24)/t12-,17?,19?/m1/s1. The van der Waals surface area contributed by atoms with E-state index in [1.54, 1.807) is 0 Å². The summed E-state index contributed by atoms with van der Waals surface area (Å²) in [7, 11) is 0. The molecule has 3 aliphatic rings. The molecule has 1 atom stereocenters. The zero-order valence-electron chi connectivity index (χ0n) is 13.6. The average molecular weight is 347 g/mol. The van der Waals surface area contributed by atoms with Gasteiger partial charge in [0.15, 0.2) is 5.69 Å². The van der Waals surface area contributed by atoms with Gasteiger partial charge in [-0.15, -0.1) is 0 Å². The Morgan fingerprint density at radius 2 is 1.68 bits per heavy atom. The fraction of sp³-hybridized carbons (Fsp3) is 0.250. The van der Waals surface area contributed by atoms with Crippen molar-refractivity contribution in [2.24, 2.45) is 5.92 Å². The average Bonchev–Trinajstić information content (AvgIpc) is 3.21. The molecule has 124 valence electrons. The molecule has 0 spiro atoms.